The quantitative estimate of drug-likeness (QED) is 0.796. The van der Waals surface area contributed by atoms with Crippen molar-refractivity contribution in [2.24, 2.45) is 5.92 Å². The Balaban J connectivity index is 2.00. The average Bonchev–Trinajstić information content (AvgIpc) is 2.33. The topological polar surface area (TPSA) is 33.0 Å². The summed E-state index contributed by atoms with van der Waals surface area (Å²) in [5.41, 5.74) is 1.97. The van der Waals surface area contributed by atoms with Gasteiger partial charge in [0.05, 0.1) is 18.2 Å². The van der Waals surface area contributed by atoms with Crippen LogP contribution in [0.4, 0.5) is 0 Å². The third kappa shape index (κ3) is 2.78. The van der Waals surface area contributed by atoms with Crippen molar-refractivity contribution in [1.82, 2.24) is 0 Å². The maximum absolute atomic E-state index is 8.71. The van der Waals surface area contributed by atoms with Crippen molar-refractivity contribution in [2.45, 2.75) is 18.1 Å². The fourth-order valence-corrected chi connectivity index (χ4v) is 2.30. The van der Waals surface area contributed by atoms with Crippen molar-refractivity contribution in [1.29, 1.82) is 5.26 Å². The highest BCUT2D eigenvalue weighted by atomic mass is 32.1. The van der Waals surface area contributed by atoms with Gasteiger partial charge in [-0.1, -0.05) is 12.1 Å². The van der Waals surface area contributed by atoms with Crippen molar-refractivity contribution >= 4 is 12.6 Å². The van der Waals surface area contributed by atoms with E-state index in [1.54, 1.807) is 0 Å². The minimum absolute atomic E-state index is 0.435. The van der Waals surface area contributed by atoms with E-state index < -0.39 is 0 Å². The van der Waals surface area contributed by atoms with Gasteiger partial charge in [0.2, 0.25) is 0 Å². The van der Waals surface area contributed by atoms with Gasteiger partial charge in [0.15, 0.2) is 0 Å². The molecule has 2 nitrogen and oxygen atoms in total. The first-order valence-corrected chi connectivity index (χ1v) is 6.06. The molecule has 1 heterocycles. The Morgan fingerprint density at radius 3 is 2.75 bits per heavy atom. The summed E-state index contributed by atoms with van der Waals surface area (Å²) in [6, 6.07) is 9.90. The normalized spacial score (nSPS) is 25.0. The van der Waals surface area contributed by atoms with Crippen LogP contribution in [-0.2, 0) is 11.2 Å². The van der Waals surface area contributed by atoms with Gasteiger partial charge < -0.3 is 4.74 Å². The molecule has 1 saturated heterocycles. The number of hydrogen-bond acceptors (Lipinski definition) is 3. The summed E-state index contributed by atoms with van der Waals surface area (Å²) in [7, 11) is 0. The molecule has 3 heteroatoms. The zero-order valence-electron chi connectivity index (χ0n) is 9.10. The Hall–Kier alpha value is -0.980. The van der Waals surface area contributed by atoms with Crippen LogP contribution >= 0.6 is 12.6 Å². The van der Waals surface area contributed by atoms with Crippen LogP contribution < -0.4 is 0 Å². The van der Waals surface area contributed by atoms with Gasteiger partial charge in [-0.3, -0.25) is 0 Å². The second-order valence-electron chi connectivity index (χ2n) is 4.20. The summed E-state index contributed by atoms with van der Waals surface area (Å²) in [5.74, 6) is 0.491. The number of hydrogen-bond donors (Lipinski definition) is 1. The number of rotatable bonds is 2. The van der Waals surface area contributed by atoms with Crippen LogP contribution in [-0.4, -0.2) is 18.5 Å². The molecule has 0 radical (unpaired) electrons. The van der Waals surface area contributed by atoms with Crippen LogP contribution in [0.1, 0.15) is 17.5 Å². The van der Waals surface area contributed by atoms with Gasteiger partial charge in [0, 0.05) is 11.9 Å². The third-order valence-electron chi connectivity index (χ3n) is 3.01. The van der Waals surface area contributed by atoms with Crippen LogP contribution in [0.3, 0.4) is 0 Å². The number of ether oxygens (including phenoxy) is 1. The molecular formula is C13H15NOS. The zero-order valence-corrected chi connectivity index (χ0v) is 9.99. The van der Waals surface area contributed by atoms with E-state index >= 15 is 0 Å². The van der Waals surface area contributed by atoms with Gasteiger partial charge in [-0.15, -0.1) is 0 Å². The Labute approximate surface area is 102 Å². The molecule has 1 aliphatic rings. The lowest BCUT2D eigenvalue weighted by molar-refractivity contribution is 0.0596. The molecule has 84 valence electrons. The highest BCUT2D eigenvalue weighted by Gasteiger charge is 2.22. The smallest absolute Gasteiger partial charge is 0.0991 e. The van der Waals surface area contributed by atoms with Crippen LogP contribution in [0.25, 0.3) is 0 Å². The molecule has 1 aliphatic heterocycles. The Morgan fingerprint density at radius 2 is 2.12 bits per heavy atom. The standard InChI is InChI=1S/C13H15NOS/c14-8-11-3-1-10(2-4-11)7-12-9-15-6-5-13(12)16/h1-4,12-13,16H,5-7,9H2/t12-,13-/m1/s1. The highest BCUT2D eigenvalue weighted by Crippen LogP contribution is 2.23. The summed E-state index contributed by atoms with van der Waals surface area (Å²) >= 11 is 4.59. The van der Waals surface area contributed by atoms with Gasteiger partial charge in [-0.2, -0.15) is 17.9 Å². The van der Waals surface area contributed by atoms with E-state index in [2.05, 4.69) is 18.7 Å². The molecule has 1 aromatic carbocycles. The summed E-state index contributed by atoms with van der Waals surface area (Å²) in [6.45, 7) is 1.63. The van der Waals surface area contributed by atoms with E-state index in [-0.39, 0.29) is 0 Å². The SMILES string of the molecule is N#Cc1ccc(C[C@@H]2COCC[C@H]2S)cc1. The number of thiol groups is 1. The first-order valence-electron chi connectivity index (χ1n) is 5.54. The van der Waals surface area contributed by atoms with Crippen molar-refractivity contribution in [3.8, 4) is 6.07 Å². The Morgan fingerprint density at radius 1 is 1.38 bits per heavy atom. The van der Waals surface area contributed by atoms with Gasteiger partial charge in [-0.25, -0.2) is 0 Å². The molecule has 0 bridgehead atoms. The van der Waals surface area contributed by atoms with E-state index in [9.17, 15) is 0 Å². The molecule has 1 fully saturated rings. The molecular weight excluding hydrogens is 218 g/mol. The van der Waals surface area contributed by atoms with Crippen molar-refractivity contribution in [3.05, 3.63) is 35.4 Å². The Kier molecular flexibility index (Phi) is 3.87. The number of benzene rings is 1. The van der Waals surface area contributed by atoms with Gasteiger partial charge >= 0.3 is 0 Å². The van der Waals surface area contributed by atoms with E-state index in [1.807, 2.05) is 24.3 Å². The van der Waals surface area contributed by atoms with Crippen LogP contribution in [0.15, 0.2) is 24.3 Å². The minimum Gasteiger partial charge on any atom is -0.381 e. The fraction of sp³-hybridized carbons (Fsp3) is 0.462. The maximum atomic E-state index is 8.71. The molecule has 0 aliphatic carbocycles. The molecule has 0 spiro atoms. The van der Waals surface area contributed by atoms with Crippen molar-refractivity contribution < 1.29 is 4.74 Å². The lowest BCUT2D eigenvalue weighted by Crippen LogP contribution is -2.29. The summed E-state index contributed by atoms with van der Waals surface area (Å²) < 4.78 is 5.47. The Bertz CT molecular complexity index is 382. The first-order chi connectivity index (χ1) is 7.79. The second kappa shape index (κ2) is 5.38. The molecule has 0 unspecified atom stereocenters. The summed E-state index contributed by atoms with van der Waals surface area (Å²) in [5, 5.41) is 9.14. The maximum Gasteiger partial charge on any atom is 0.0991 e. The zero-order chi connectivity index (χ0) is 11.4. The molecule has 0 N–H and O–H groups in total. The second-order valence-corrected chi connectivity index (χ2v) is 4.87. The highest BCUT2D eigenvalue weighted by molar-refractivity contribution is 7.81. The van der Waals surface area contributed by atoms with Gasteiger partial charge in [0.1, 0.15) is 0 Å². The summed E-state index contributed by atoms with van der Waals surface area (Å²) in [4.78, 5) is 0. The summed E-state index contributed by atoms with van der Waals surface area (Å²) in [6.07, 6.45) is 2.02. The average molecular weight is 233 g/mol. The molecule has 1 aromatic rings. The van der Waals surface area contributed by atoms with Gasteiger partial charge in [0.25, 0.3) is 0 Å². The van der Waals surface area contributed by atoms with Crippen LogP contribution in [0.2, 0.25) is 0 Å². The van der Waals surface area contributed by atoms with Crippen LogP contribution in [0, 0.1) is 17.2 Å². The molecule has 0 saturated carbocycles. The number of nitriles is 1. The van der Waals surface area contributed by atoms with Crippen LogP contribution in [0.5, 0.6) is 0 Å². The third-order valence-corrected chi connectivity index (χ3v) is 3.69. The van der Waals surface area contributed by atoms with E-state index in [0.717, 1.165) is 26.1 Å². The fourth-order valence-electron chi connectivity index (χ4n) is 2.00. The number of nitrogens with zero attached hydrogens (tertiary/aromatic N) is 1. The lowest BCUT2D eigenvalue weighted by atomic mass is 9.93. The van der Waals surface area contributed by atoms with Crippen molar-refractivity contribution in [2.75, 3.05) is 13.2 Å². The molecule has 2 atom stereocenters. The van der Waals surface area contributed by atoms with E-state index in [4.69, 9.17) is 10.00 Å². The van der Waals surface area contributed by atoms with E-state index in [1.165, 1.54) is 5.56 Å². The van der Waals surface area contributed by atoms with Crippen molar-refractivity contribution in [3.63, 3.8) is 0 Å². The molecule has 0 aromatic heterocycles. The van der Waals surface area contributed by atoms with Gasteiger partial charge in [-0.05, 0) is 36.5 Å². The minimum atomic E-state index is 0.435. The molecule has 0 amide bonds. The monoisotopic (exact) mass is 233 g/mol. The lowest BCUT2D eigenvalue weighted by Gasteiger charge is -2.28. The first kappa shape index (κ1) is 11.5. The predicted molar refractivity (Wildman–Crippen MR) is 66.6 cm³/mol. The predicted octanol–water partition coefficient (Wildman–Crippen LogP) is 2.44. The molecule has 16 heavy (non-hydrogen) atoms. The van der Waals surface area contributed by atoms with E-state index in [0.29, 0.717) is 16.7 Å². The molecule has 2 rings (SSSR count). The largest absolute Gasteiger partial charge is 0.381 e.